The van der Waals surface area contributed by atoms with Gasteiger partial charge in [0.2, 0.25) is 17.7 Å². The van der Waals surface area contributed by atoms with Crippen molar-refractivity contribution in [1.29, 1.82) is 0 Å². The Morgan fingerprint density at radius 2 is 0.779 bits per heavy atom. The number of carboxylic acid groups (broad SMARTS) is 4. The molecular weight excluding hydrogens is 1100 g/mol. The van der Waals surface area contributed by atoms with E-state index in [-0.39, 0.29) is 37.9 Å². The van der Waals surface area contributed by atoms with E-state index in [1.807, 2.05) is 48.6 Å². The topological polar surface area (TPSA) is 334 Å². The highest BCUT2D eigenvalue weighted by Gasteiger charge is 2.33. The highest BCUT2D eigenvalue weighted by molar-refractivity contribution is 6.01. The number of carbonyl (C=O) groups is 12. The molecule has 20 heteroatoms. The second-order valence-electron chi connectivity index (χ2n) is 21.2. The van der Waals surface area contributed by atoms with Crippen LogP contribution in [0.15, 0.2) is 133 Å². The van der Waals surface area contributed by atoms with Crippen molar-refractivity contribution in [1.82, 2.24) is 21.3 Å². The van der Waals surface area contributed by atoms with E-state index in [0.29, 0.717) is 22.3 Å². The van der Waals surface area contributed by atoms with E-state index >= 15 is 0 Å². The molecule has 450 valence electrons. The Morgan fingerprint density at radius 3 is 1.26 bits per heavy atom. The molecular formula is C66H70N4O16. The van der Waals surface area contributed by atoms with Crippen molar-refractivity contribution in [2.45, 2.75) is 103 Å². The van der Waals surface area contributed by atoms with Crippen LogP contribution in [0.3, 0.4) is 0 Å². The van der Waals surface area contributed by atoms with E-state index in [2.05, 4.69) is 21.3 Å². The van der Waals surface area contributed by atoms with E-state index < -0.39 is 132 Å². The molecule has 0 heterocycles. The molecule has 86 heavy (non-hydrogen) atoms. The standard InChI is InChI=1S/C66H70N4O16/c1-39(62(80)69-53(34-48-13-9-6-10-14-48)58(74)36-52(65(83)84)37-59(75)76)31-55(71)41(3)68-63(81)50-29-25-46(26-30-50)22-20-44-17-15-43(16-18-44)19-21-45-23-27-49(28-24-45)57(73)32-40(2)61(79)67-42(4)56(72)35-51(33-47-11-7-5-8-12-47)64(82)70-54(66(85)86)38-60(77)78/h5-30,39-42,51-54H,31-38H2,1-4H3,(H,67,79)(H,68,81)(H,69,80)(H,70,82)(H,75,76)(H,77,78)(H,83,84)(H,85,86)/b21-19+,22-20+/t39-,40-,41+,42+,51-,52+,53+,54+/m1/s1. The summed E-state index contributed by atoms with van der Waals surface area (Å²) in [7, 11) is 0. The first kappa shape index (κ1) is 66.8. The van der Waals surface area contributed by atoms with Gasteiger partial charge in [0.15, 0.2) is 23.1 Å². The second kappa shape index (κ2) is 32.8. The Morgan fingerprint density at radius 1 is 0.372 bits per heavy atom. The highest BCUT2D eigenvalue weighted by Crippen LogP contribution is 2.20. The second-order valence-corrected chi connectivity index (χ2v) is 21.2. The highest BCUT2D eigenvalue weighted by atomic mass is 16.4. The molecule has 4 amide bonds. The minimum absolute atomic E-state index is 0.0105. The van der Waals surface area contributed by atoms with Crippen LogP contribution in [0.4, 0.5) is 0 Å². The number of amides is 4. The maximum absolute atomic E-state index is 13.4. The molecule has 5 aromatic carbocycles. The summed E-state index contributed by atoms with van der Waals surface area (Å²) in [5.74, 6) is -14.6. The molecule has 8 N–H and O–H groups in total. The molecule has 0 fully saturated rings. The molecule has 20 nitrogen and oxygen atoms in total. The van der Waals surface area contributed by atoms with Gasteiger partial charge in [0, 0.05) is 54.6 Å². The Kier molecular flexibility index (Phi) is 25.4. The molecule has 0 spiro atoms. The molecule has 0 aliphatic carbocycles. The van der Waals surface area contributed by atoms with Crippen molar-refractivity contribution in [3.63, 3.8) is 0 Å². The van der Waals surface area contributed by atoms with Crippen LogP contribution in [-0.2, 0) is 60.8 Å². The number of benzene rings is 5. The number of aliphatic carboxylic acids is 4. The molecule has 0 aromatic heterocycles. The summed E-state index contributed by atoms with van der Waals surface area (Å²) in [5, 5.41) is 47.4. The van der Waals surface area contributed by atoms with Gasteiger partial charge in [-0.25, -0.2) is 4.79 Å². The average molecular weight is 1180 g/mol. The van der Waals surface area contributed by atoms with E-state index in [1.165, 1.54) is 20.8 Å². The molecule has 0 saturated carbocycles. The van der Waals surface area contributed by atoms with Gasteiger partial charge in [0.1, 0.15) is 6.04 Å². The maximum atomic E-state index is 13.4. The number of hydrogen-bond acceptors (Lipinski definition) is 12. The molecule has 0 aliphatic heterocycles. The number of rotatable bonds is 34. The van der Waals surface area contributed by atoms with Crippen LogP contribution in [0.2, 0.25) is 0 Å². The largest absolute Gasteiger partial charge is 0.481 e. The molecule has 8 atom stereocenters. The zero-order valence-corrected chi connectivity index (χ0v) is 48.0. The van der Waals surface area contributed by atoms with Gasteiger partial charge in [-0.2, -0.15) is 0 Å². The lowest BCUT2D eigenvalue weighted by Crippen LogP contribution is -2.47. The molecule has 0 unspecified atom stereocenters. The number of nitrogens with one attached hydrogen (secondary N) is 4. The fourth-order valence-electron chi connectivity index (χ4n) is 8.98. The third kappa shape index (κ3) is 22.0. The third-order valence-corrected chi connectivity index (χ3v) is 14.2. The summed E-state index contributed by atoms with van der Waals surface area (Å²) in [6.45, 7) is 5.97. The van der Waals surface area contributed by atoms with Gasteiger partial charge in [-0.1, -0.05) is 159 Å². The van der Waals surface area contributed by atoms with Crippen molar-refractivity contribution >= 4 is 94.9 Å². The summed E-state index contributed by atoms with van der Waals surface area (Å²) >= 11 is 0. The molecule has 0 aliphatic rings. The first-order valence-electron chi connectivity index (χ1n) is 27.8. The molecule has 0 bridgehead atoms. The van der Waals surface area contributed by atoms with Crippen molar-refractivity contribution in [2.24, 2.45) is 23.7 Å². The Hall–Kier alpha value is -9.98. The summed E-state index contributed by atoms with van der Waals surface area (Å²) in [6.07, 6.45) is 4.51. The Labute approximate surface area is 497 Å². The average Bonchev–Trinajstić information content (AvgIpc) is 3.67. The molecule has 0 saturated heterocycles. The quantitative estimate of drug-likeness (QED) is 0.0149. The van der Waals surface area contributed by atoms with Crippen LogP contribution in [-0.4, -0.2) is 115 Å². The number of carboxylic acids is 4. The summed E-state index contributed by atoms with van der Waals surface area (Å²) in [6, 6.07) is 33.6. The lowest BCUT2D eigenvalue weighted by molar-refractivity contribution is -0.149. The zero-order valence-electron chi connectivity index (χ0n) is 48.0. The minimum atomic E-state index is -1.72. The summed E-state index contributed by atoms with van der Waals surface area (Å²) in [5.41, 5.74) is 5.41. The van der Waals surface area contributed by atoms with Crippen LogP contribution < -0.4 is 21.3 Å². The zero-order chi connectivity index (χ0) is 63.0. The van der Waals surface area contributed by atoms with Gasteiger partial charge in [0.25, 0.3) is 5.91 Å². The first-order valence-corrected chi connectivity index (χ1v) is 27.8. The van der Waals surface area contributed by atoms with E-state index in [0.717, 1.165) is 22.3 Å². The van der Waals surface area contributed by atoms with Gasteiger partial charge in [-0.05, 0) is 72.2 Å². The predicted octanol–water partition coefficient (Wildman–Crippen LogP) is 7.18. The summed E-state index contributed by atoms with van der Waals surface area (Å²) < 4.78 is 0. The van der Waals surface area contributed by atoms with Gasteiger partial charge in [0.05, 0.1) is 36.9 Å². The van der Waals surface area contributed by atoms with E-state index in [1.54, 1.807) is 116 Å². The molecule has 0 radical (unpaired) electrons. The van der Waals surface area contributed by atoms with E-state index in [9.17, 15) is 67.7 Å². The predicted molar refractivity (Wildman–Crippen MR) is 319 cm³/mol. The van der Waals surface area contributed by atoms with Crippen LogP contribution in [0, 0.1) is 23.7 Å². The van der Waals surface area contributed by atoms with Gasteiger partial charge >= 0.3 is 23.9 Å². The van der Waals surface area contributed by atoms with Crippen molar-refractivity contribution in [2.75, 3.05) is 0 Å². The van der Waals surface area contributed by atoms with E-state index in [4.69, 9.17) is 10.2 Å². The maximum Gasteiger partial charge on any atom is 0.326 e. The van der Waals surface area contributed by atoms with Crippen molar-refractivity contribution in [3.05, 3.63) is 178 Å². The van der Waals surface area contributed by atoms with Crippen molar-refractivity contribution < 1.29 is 78.0 Å². The Balaban J connectivity index is 1.06. The van der Waals surface area contributed by atoms with Crippen LogP contribution >= 0.6 is 0 Å². The van der Waals surface area contributed by atoms with Gasteiger partial charge in [-0.3, -0.25) is 52.7 Å². The fourth-order valence-corrected chi connectivity index (χ4v) is 8.98. The first-order chi connectivity index (χ1) is 40.8. The lowest BCUT2D eigenvalue weighted by Gasteiger charge is -2.22. The SMILES string of the molecule is C[C@H](CC(=O)c1ccc(/C=C/c2ccc(/C=C/c3ccc(C(=O)N[C@@H](C)C(=O)C[C@@H](C)C(=O)N[C@@H](Cc4ccccc4)C(=O)C[C@@H](CC(=O)O)C(=O)O)cc3)cc2)cc1)C(=O)N[C@@H](C)C(=O)C[C@@H](Cc1ccccc1)C(=O)N[C@@H](CC(=O)O)C(=O)O. The third-order valence-electron chi connectivity index (χ3n) is 14.2. The normalized spacial score (nSPS) is 14.0. The fraction of sp³-hybridized carbons (Fsp3) is 0.303. The number of Topliss-reactive ketones (excluding diaryl/α,β-unsaturated/α-hetero) is 4. The monoisotopic (exact) mass is 1170 g/mol. The smallest absolute Gasteiger partial charge is 0.326 e. The number of ketones is 4. The van der Waals surface area contributed by atoms with Crippen LogP contribution in [0.5, 0.6) is 0 Å². The van der Waals surface area contributed by atoms with Gasteiger partial charge < -0.3 is 41.7 Å². The van der Waals surface area contributed by atoms with Crippen LogP contribution in [0.25, 0.3) is 24.3 Å². The lowest BCUT2D eigenvalue weighted by atomic mass is 9.91. The number of hydrogen-bond donors (Lipinski definition) is 8. The number of carbonyl (C=O) groups excluding carboxylic acids is 8. The van der Waals surface area contributed by atoms with Gasteiger partial charge in [-0.15, -0.1) is 0 Å². The molecule has 5 rings (SSSR count). The Bertz CT molecular complexity index is 3090. The minimum Gasteiger partial charge on any atom is -0.481 e. The molecule has 5 aromatic rings. The summed E-state index contributed by atoms with van der Waals surface area (Å²) in [4.78, 5) is 152. The van der Waals surface area contributed by atoms with Crippen LogP contribution in [0.1, 0.15) is 120 Å². The van der Waals surface area contributed by atoms with Crippen molar-refractivity contribution in [3.8, 4) is 0 Å².